The lowest BCUT2D eigenvalue weighted by molar-refractivity contribution is -0.929. The Kier molecular flexibility index (Phi) is 14.9. The summed E-state index contributed by atoms with van der Waals surface area (Å²) in [5.41, 5.74) is 4.72. The number of amides is 1. The molecule has 0 radical (unpaired) electrons. The zero-order valence-electron chi connectivity index (χ0n) is 19.0. The minimum atomic E-state index is -1.40. The molecule has 0 saturated heterocycles. The summed E-state index contributed by atoms with van der Waals surface area (Å²) in [6.45, 7) is 15.0. The third kappa shape index (κ3) is 11.0. The van der Waals surface area contributed by atoms with Crippen LogP contribution in [0.5, 0.6) is 0 Å². The van der Waals surface area contributed by atoms with Crippen LogP contribution < -0.4 is 10.8 Å². The van der Waals surface area contributed by atoms with Crippen molar-refractivity contribution >= 4 is 11.9 Å². The van der Waals surface area contributed by atoms with E-state index >= 15 is 0 Å². The molecule has 5 nitrogen and oxygen atoms in total. The molecular weight excluding hydrogens is 364 g/mol. The number of unbranched alkanes of at least 4 members (excludes halogenated alkanes) is 4. The van der Waals surface area contributed by atoms with Crippen LogP contribution in [0, 0.1) is 0 Å². The second kappa shape index (κ2) is 16.0. The van der Waals surface area contributed by atoms with E-state index in [4.69, 9.17) is 5.73 Å². The number of benzene rings is 1. The monoisotopic (exact) mass is 406 g/mol. The lowest BCUT2D eigenvalue weighted by Gasteiger charge is -2.39. The van der Waals surface area contributed by atoms with Crippen LogP contribution in [0.1, 0.15) is 99.8 Å². The van der Waals surface area contributed by atoms with Crippen LogP contribution in [0.15, 0.2) is 24.3 Å². The standard InChI is InChI=1S/C16H36N.C8H7NO3/c1-5-9-13-17(14-10-6-2,15-11-7-3)16-12-8-4;9-7(10)5-3-1-2-4-6(5)8(11)12/h5-16H2,1-4H3;1-4H,(H2,9,10)(H,11,12)/q+1;/p-1. The van der Waals surface area contributed by atoms with Gasteiger partial charge in [0.2, 0.25) is 5.91 Å². The van der Waals surface area contributed by atoms with Crippen molar-refractivity contribution in [1.29, 1.82) is 0 Å². The number of aromatic carboxylic acids is 1. The largest absolute Gasteiger partial charge is 0.545 e. The van der Waals surface area contributed by atoms with Gasteiger partial charge in [0.25, 0.3) is 0 Å². The van der Waals surface area contributed by atoms with Crippen molar-refractivity contribution in [2.45, 2.75) is 79.1 Å². The lowest BCUT2D eigenvalue weighted by Crippen LogP contribution is -2.50. The number of carbonyl (C=O) groups is 2. The van der Waals surface area contributed by atoms with Crippen molar-refractivity contribution in [3.63, 3.8) is 0 Å². The Hall–Kier alpha value is -1.88. The molecule has 0 spiro atoms. The Morgan fingerprint density at radius 3 is 1.34 bits per heavy atom. The van der Waals surface area contributed by atoms with Gasteiger partial charge in [-0.1, -0.05) is 71.6 Å². The fourth-order valence-electron chi connectivity index (χ4n) is 3.52. The molecule has 0 aliphatic heterocycles. The molecule has 0 aromatic heterocycles. The third-order valence-corrected chi connectivity index (χ3v) is 5.36. The number of nitrogens with two attached hydrogens (primary N) is 1. The van der Waals surface area contributed by atoms with Crippen LogP contribution in [0.25, 0.3) is 0 Å². The first-order chi connectivity index (χ1) is 13.9. The third-order valence-electron chi connectivity index (χ3n) is 5.36. The molecule has 0 bridgehead atoms. The highest BCUT2D eigenvalue weighted by Gasteiger charge is 2.24. The number of carbonyl (C=O) groups excluding carboxylic acids is 2. The number of nitrogens with zero attached hydrogens (tertiary/aromatic N) is 1. The van der Waals surface area contributed by atoms with Gasteiger partial charge in [0.1, 0.15) is 0 Å². The van der Waals surface area contributed by atoms with Crippen molar-refractivity contribution in [2.24, 2.45) is 5.73 Å². The number of carboxylic acids is 1. The van der Waals surface area contributed by atoms with Crippen molar-refractivity contribution in [3.8, 4) is 0 Å². The first kappa shape index (κ1) is 27.1. The van der Waals surface area contributed by atoms with E-state index in [0.29, 0.717) is 0 Å². The van der Waals surface area contributed by atoms with Gasteiger partial charge in [-0.15, -0.1) is 0 Å². The Balaban J connectivity index is 0.000000571. The van der Waals surface area contributed by atoms with E-state index in [1.165, 1.54) is 106 Å². The molecular formula is C24H42N2O3. The van der Waals surface area contributed by atoms with E-state index < -0.39 is 11.9 Å². The summed E-state index contributed by atoms with van der Waals surface area (Å²) in [4.78, 5) is 21.1. The molecule has 29 heavy (non-hydrogen) atoms. The van der Waals surface area contributed by atoms with Gasteiger partial charge in [-0.2, -0.15) is 0 Å². The highest BCUT2D eigenvalue weighted by atomic mass is 16.4. The highest BCUT2D eigenvalue weighted by Crippen LogP contribution is 2.16. The molecule has 0 aliphatic carbocycles. The fourth-order valence-corrected chi connectivity index (χ4v) is 3.52. The zero-order valence-corrected chi connectivity index (χ0v) is 19.0. The molecule has 1 aromatic carbocycles. The topological polar surface area (TPSA) is 83.2 Å². The Morgan fingerprint density at radius 1 is 0.759 bits per heavy atom. The lowest BCUT2D eigenvalue weighted by atomic mass is 10.1. The van der Waals surface area contributed by atoms with Gasteiger partial charge in [0.15, 0.2) is 0 Å². The molecule has 0 saturated carbocycles. The molecule has 0 unspecified atom stereocenters. The summed E-state index contributed by atoms with van der Waals surface area (Å²) in [6, 6.07) is 5.65. The van der Waals surface area contributed by atoms with Crippen molar-refractivity contribution in [1.82, 2.24) is 0 Å². The SMILES string of the molecule is CCCC[N+](CCCC)(CCCC)CCCC.NC(=O)c1ccccc1C(=O)[O-]. The van der Waals surface area contributed by atoms with Gasteiger partial charge in [0.05, 0.1) is 32.1 Å². The number of primary amides is 1. The predicted octanol–water partition coefficient (Wildman–Crippen LogP) is 4.15. The summed E-state index contributed by atoms with van der Waals surface area (Å²) < 4.78 is 1.42. The molecule has 0 aliphatic rings. The smallest absolute Gasteiger partial charge is 0.249 e. The Labute approximate surface area is 177 Å². The first-order valence-corrected chi connectivity index (χ1v) is 11.3. The molecule has 1 aromatic rings. The highest BCUT2D eigenvalue weighted by molar-refractivity contribution is 6.03. The molecule has 0 fully saturated rings. The molecule has 1 rings (SSSR count). The summed E-state index contributed by atoms with van der Waals surface area (Å²) in [6.07, 6.45) is 11.1. The number of hydrogen-bond donors (Lipinski definition) is 1. The summed E-state index contributed by atoms with van der Waals surface area (Å²) in [5.74, 6) is -2.17. The van der Waals surface area contributed by atoms with E-state index in [1.807, 2.05) is 0 Å². The maximum atomic E-state index is 10.7. The van der Waals surface area contributed by atoms with Crippen LogP contribution in [-0.4, -0.2) is 42.5 Å². The van der Waals surface area contributed by atoms with E-state index in [9.17, 15) is 14.7 Å². The molecule has 0 atom stereocenters. The molecule has 5 heteroatoms. The van der Waals surface area contributed by atoms with Gasteiger partial charge in [-0.3, -0.25) is 4.79 Å². The van der Waals surface area contributed by atoms with Crippen molar-refractivity contribution < 1.29 is 19.2 Å². The molecule has 0 heterocycles. The van der Waals surface area contributed by atoms with Gasteiger partial charge >= 0.3 is 0 Å². The van der Waals surface area contributed by atoms with E-state index in [1.54, 1.807) is 0 Å². The second-order valence-corrected chi connectivity index (χ2v) is 7.85. The quantitative estimate of drug-likeness (QED) is 0.471. The van der Waals surface area contributed by atoms with E-state index in [0.717, 1.165) is 0 Å². The second-order valence-electron chi connectivity index (χ2n) is 7.85. The average Bonchev–Trinajstić information content (AvgIpc) is 2.73. The Morgan fingerprint density at radius 2 is 1.10 bits per heavy atom. The number of rotatable bonds is 14. The fraction of sp³-hybridized carbons (Fsp3) is 0.667. The molecule has 166 valence electrons. The first-order valence-electron chi connectivity index (χ1n) is 11.3. The van der Waals surface area contributed by atoms with Gasteiger partial charge in [-0.05, 0) is 31.7 Å². The van der Waals surface area contributed by atoms with Gasteiger partial charge in [-0.25, -0.2) is 0 Å². The number of carboxylic acid groups (broad SMARTS) is 1. The molecule has 1 amide bonds. The summed E-state index contributed by atoms with van der Waals surface area (Å²) >= 11 is 0. The van der Waals surface area contributed by atoms with Gasteiger partial charge in [0, 0.05) is 11.1 Å². The minimum absolute atomic E-state index is 0.0301. The van der Waals surface area contributed by atoms with Crippen LogP contribution in [-0.2, 0) is 0 Å². The van der Waals surface area contributed by atoms with Crippen LogP contribution in [0.3, 0.4) is 0 Å². The maximum absolute atomic E-state index is 10.7. The number of hydrogen-bond acceptors (Lipinski definition) is 3. The maximum Gasteiger partial charge on any atom is 0.249 e. The van der Waals surface area contributed by atoms with E-state index in [2.05, 4.69) is 27.7 Å². The van der Waals surface area contributed by atoms with Crippen molar-refractivity contribution in [3.05, 3.63) is 35.4 Å². The average molecular weight is 407 g/mol. The van der Waals surface area contributed by atoms with E-state index in [-0.39, 0.29) is 11.1 Å². The van der Waals surface area contributed by atoms with Crippen molar-refractivity contribution in [2.75, 3.05) is 26.2 Å². The normalized spacial score (nSPS) is 10.9. The van der Waals surface area contributed by atoms with Crippen LogP contribution in [0.4, 0.5) is 0 Å². The minimum Gasteiger partial charge on any atom is -0.545 e. The molecule has 2 N–H and O–H groups in total. The van der Waals surface area contributed by atoms with Crippen LogP contribution >= 0.6 is 0 Å². The van der Waals surface area contributed by atoms with Gasteiger partial charge < -0.3 is 20.1 Å². The number of quaternary nitrogens is 1. The summed E-state index contributed by atoms with van der Waals surface area (Å²) in [7, 11) is 0. The zero-order chi connectivity index (χ0) is 22.1. The predicted molar refractivity (Wildman–Crippen MR) is 119 cm³/mol. The van der Waals surface area contributed by atoms with Crippen LogP contribution in [0.2, 0.25) is 0 Å². The Bertz CT molecular complexity index is 517. The summed E-state index contributed by atoms with van der Waals surface area (Å²) in [5, 5.41) is 10.4.